The van der Waals surface area contributed by atoms with E-state index in [2.05, 4.69) is 16.8 Å². The van der Waals surface area contributed by atoms with Crippen LogP contribution in [0.3, 0.4) is 0 Å². The molecular formula is C17H23N3O2S2. The molecule has 1 saturated heterocycles. The summed E-state index contributed by atoms with van der Waals surface area (Å²) >= 11 is 3.41. The molecule has 7 heteroatoms. The van der Waals surface area contributed by atoms with Gasteiger partial charge in [0.05, 0.1) is 12.0 Å². The smallest absolute Gasteiger partial charge is 0.348 e. The molecule has 1 atom stereocenters. The van der Waals surface area contributed by atoms with Crippen molar-refractivity contribution in [3.8, 4) is 0 Å². The minimum atomic E-state index is -0.263. The summed E-state index contributed by atoms with van der Waals surface area (Å²) < 4.78 is 5.20. The molecule has 0 saturated carbocycles. The first-order chi connectivity index (χ1) is 11.5. The molecule has 3 rings (SSSR count). The van der Waals surface area contributed by atoms with Gasteiger partial charge in [0.15, 0.2) is 0 Å². The number of thiophene rings is 1. The molecular weight excluding hydrogens is 342 g/mol. The Balaban J connectivity index is 2.14. The SMILES string of the molecule is CCOC(=O)c1sc2nc(C)nc(N3CCSCC[C@H]3C)c2c1C. The molecule has 0 N–H and O–H groups in total. The maximum Gasteiger partial charge on any atom is 0.348 e. The van der Waals surface area contributed by atoms with Gasteiger partial charge in [-0.2, -0.15) is 11.8 Å². The zero-order valence-electron chi connectivity index (χ0n) is 14.6. The van der Waals surface area contributed by atoms with E-state index in [1.54, 1.807) is 0 Å². The van der Waals surface area contributed by atoms with Crippen LogP contribution in [0.15, 0.2) is 0 Å². The van der Waals surface area contributed by atoms with Crippen molar-refractivity contribution in [3.63, 3.8) is 0 Å². The van der Waals surface area contributed by atoms with Gasteiger partial charge in [0.2, 0.25) is 0 Å². The van der Waals surface area contributed by atoms with Crippen molar-refractivity contribution in [1.29, 1.82) is 0 Å². The quantitative estimate of drug-likeness (QED) is 0.771. The lowest BCUT2D eigenvalue weighted by Crippen LogP contribution is -2.34. The topological polar surface area (TPSA) is 55.3 Å². The summed E-state index contributed by atoms with van der Waals surface area (Å²) in [4.78, 5) is 25.5. The van der Waals surface area contributed by atoms with Crippen molar-refractivity contribution in [2.24, 2.45) is 0 Å². The minimum absolute atomic E-state index is 0.263. The average Bonchev–Trinajstić information content (AvgIpc) is 2.72. The third kappa shape index (κ3) is 3.24. The average molecular weight is 366 g/mol. The molecule has 0 unspecified atom stereocenters. The Labute approximate surface area is 150 Å². The zero-order valence-corrected chi connectivity index (χ0v) is 16.2. The number of esters is 1. The van der Waals surface area contributed by atoms with E-state index in [1.165, 1.54) is 17.1 Å². The fourth-order valence-corrected chi connectivity index (χ4v) is 5.18. The third-order valence-electron chi connectivity index (χ3n) is 4.30. The van der Waals surface area contributed by atoms with Crippen LogP contribution in [-0.4, -0.2) is 46.6 Å². The first-order valence-corrected chi connectivity index (χ1v) is 10.3. The van der Waals surface area contributed by atoms with Gasteiger partial charge in [-0.1, -0.05) is 0 Å². The molecule has 0 spiro atoms. The van der Waals surface area contributed by atoms with Gasteiger partial charge in [-0.05, 0) is 45.4 Å². The summed E-state index contributed by atoms with van der Waals surface area (Å²) in [7, 11) is 0. The Morgan fingerprint density at radius 1 is 1.33 bits per heavy atom. The maximum atomic E-state index is 12.3. The first-order valence-electron chi connectivity index (χ1n) is 8.32. The number of nitrogens with zero attached hydrogens (tertiary/aromatic N) is 3. The molecule has 24 heavy (non-hydrogen) atoms. The highest BCUT2D eigenvalue weighted by Gasteiger charge is 2.26. The van der Waals surface area contributed by atoms with Crippen LogP contribution in [-0.2, 0) is 4.74 Å². The van der Waals surface area contributed by atoms with Crippen molar-refractivity contribution in [1.82, 2.24) is 9.97 Å². The second kappa shape index (κ2) is 7.27. The predicted octanol–water partition coefficient (Wildman–Crippen LogP) is 3.82. The van der Waals surface area contributed by atoms with Gasteiger partial charge in [-0.25, -0.2) is 14.8 Å². The molecule has 1 fully saturated rings. The van der Waals surface area contributed by atoms with Crippen molar-refractivity contribution in [2.45, 2.75) is 40.2 Å². The lowest BCUT2D eigenvalue weighted by molar-refractivity contribution is 0.0531. The van der Waals surface area contributed by atoms with Gasteiger partial charge in [0.25, 0.3) is 0 Å². The number of fused-ring (bicyclic) bond motifs is 1. The van der Waals surface area contributed by atoms with E-state index in [0.717, 1.165) is 46.1 Å². The van der Waals surface area contributed by atoms with E-state index in [4.69, 9.17) is 9.72 Å². The Morgan fingerprint density at radius 2 is 2.12 bits per heavy atom. The highest BCUT2D eigenvalue weighted by Crippen LogP contribution is 2.37. The molecule has 1 aliphatic rings. The third-order valence-corrected chi connectivity index (χ3v) is 6.47. The van der Waals surface area contributed by atoms with E-state index in [9.17, 15) is 4.79 Å². The fourth-order valence-electron chi connectivity index (χ4n) is 3.03. The number of anilines is 1. The normalized spacial score (nSPS) is 18.7. The molecule has 2 aromatic rings. The van der Waals surface area contributed by atoms with Crippen LogP contribution >= 0.6 is 23.1 Å². The summed E-state index contributed by atoms with van der Waals surface area (Å²) in [6.45, 7) is 9.32. The Morgan fingerprint density at radius 3 is 2.88 bits per heavy atom. The second-order valence-corrected chi connectivity index (χ2v) is 8.22. The highest BCUT2D eigenvalue weighted by atomic mass is 32.2. The van der Waals surface area contributed by atoms with Crippen LogP contribution < -0.4 is 4.90 Å². The fraction of sp³-hybridized carbons (Fsp3) is 0.588. The molecule has 5 nitrogen and oxygen atoms in total. The van der Waals surface area contributed by atoms with Gasteiger partial charge in [0.1, 0.15) is 21.3 Å². The lowest BCUT2D eigenvalue weighted by Gasteiger charge is -2.29. The molecule has 0 aliphatic carbocycles. The van der Waals surface area contributed by atoms with Gasteiger partial charge in [-0.3, -0.25) is 0 Å². The largest absolute Gasteiger partial charge is 0.462 e. The van der Waals surface area contributed by atoms with Gasteiger partial charge in [-0.15, -0.1) is 11.3 Å². The molecule has 0 bridgehead atoms. The van der Waals surface area contributed by atoms with Crippen LogP contribution in [0.4, 0.5) is 5.82 Å². The minimum Gasteiger partial charge on any atom is -0.462 e. The number of aromatic nitrogens is 2. The number of thioether (sulfide) groups is 1. The van der Waals surface area contributed by atoms with Crippen LogP contribution in [0.25, 0.3) is 10.2 Å². The van der Waals surface area contributed by atoms with Crippen LogP contribution in [0.1, 0.15) is 41.3 Å². The van der Waals surface area contributed by atoms with Crippen LogP contribution in [0.2, 0.25) is 0 Å². The van der Waals surface area contributed by atoms with Crippen LogP contribution in [0.5, 0.6) is 0 Å². The number of hydrogen-bond acceptors (Lipinski definition) is 7. The maximum absolute atomic E-state index is 12.3. The standard InChI is InChI=1S/C17H23N3O2S2/c1-5-22-17(21)14-11(3)13-15(18-12(4)19-16(13)24-14)20-7-9-23-8-6-10(20)2/h10H,5-9H2,1-4H3/t10-/m1/s1. The molecule has 2 aromatic heterocycles. The number of ether oxygens (including phenoxy) is 1. The molecule has 3 heterocycles. The van der Waals surface area contributed by atoms with Gasteiger partial charge >= 0.3 is 5.97 Å². The van der Waals surface area contributed by atoms with E-state index in [0.29, 0.717) is 17.5 Å². The number of hydrogen-bond donors (Lipinski definition) is 0. The molecule has 0 amide bonds. The highest BCUT2D eigenvalue weighted by molar-refractivity contribution is 7.99. The predicted molar refractivity (Wildman–Crippen MR) is 102 cm³/mol. The van der Waals surface area contributed by atoms with E-state index < -0.39 is 0 Å². The second-order valence-electron chi connectivity index (χ2n) is 5.99. The monoisotopic (exact) mass is 365 g/mol. The Kier molecular flexibility index (Phi) is 5.30. The van der Waals surface area contributed by atoms with Crippen molar-refractivity contribution in [2.75, 3.05) is 29.6 Å². The molecule has 0 radical (unpaired) electrons. The number of aryl methyl sites for hydroxylation is 2. The lowest BCUT2D eigenvalue weighted by atomic mass is 10.1. The number of carbonyl (C=O) groups excluding carboxylic acids is 1. The van der Waals surface area contributed by atoms with E-state index >= 15 is 0 Å². The van der Waals surface area contributed by atoms with Crippen molar-refractivity contribution in [3.05, 3.63) is 16.3 Å². The summed E-state index contributed by atoms with van der Waals surface area (Å²) in [5.74, 6) is 3.74. The summed E-state index contributed by atoms with van der Waals surface area (Å²) in [5, 5.41) is 1.01. The van der Waals surface area contributed by atoms with Gasteiger partial charge < -0.3 is 9.64 Å². The number of carbonyl (C=O) groups is 1. The van der Waals surface area contributed by atoms with Crippen molar-refractivity contribution >= 4 is 45.1 Å². The zero-order chi connectivity index (χ0) is 17.3. The van der Waals surface area contributed by atoms with Crippen LogP contribution in [0, 0.1) is 13.8 Å². The molecule has 1 aliphatic heterocycles. The molecule has 0 aromatic carbocycles. The Bertz CT molecular complexity index is 760. The van der Waals surface area contributed by atoms with Gasteiger partial charge in [0, 0.05) is 18.3 Å². The number of rotatable bonds is 3. The Hall–Kier alpha value is -1.34. The van der Waals surface area contributed by atoms with E-state index in [1.807, 2.05) is 32.5 Å². The van der Waals surface area contributed by atoms with Crippen molar-refractivity contribution < 1.29 is 9.53 Å². The summed E-state index contributed by atoms with van der Waals surface area (Å²) in [6, 6.07) is 0.433. The summed E-state index contributed by atoms with van der Waals surface area (Å²) in [5.41, 5.74) is 0.938. The first kappa shape index (κ1) is 17.5. The summed E-state index contributed by atoms with van der Waals surface area (Å²) in [6.07, 6.45) is 1.14. The molecule has 130 valence electrons. The van der Waals surface area contributed by atoms with E-state index in [-0.39, 0.29) is 5.97 Å².